The van der Waals surface area contributed by atoms with Gasteiger partial charge in [0, 0.05) is 18.5 Å². The van der Waals surface area contributed by atoms with Gasteiger partial charge in [-0.3, -0.25) is 4.99 Å². The molecule has 1 saturated carbocycles. The second kappa shape index (κ2) is 6.88. The fraction of sp³-hybridized carbons (Fsp3) is 0.500. The Hall–Kier alpha value is -2.74. The Balaban J connectivity index is 1.42. The quantitative estimate of drug-likeness (QED) is 0.719. The predicted octanol–water partition coefficient (Wildman–Crippen LogP) is 3.72. The third-order valence-corrected chi connectivity index (χ3v) is 8.19. The van der Waals surface area contributed by atoms with Crippen molar-refractivity contribution >= 4 is 12.2 Å². The molecule has 0 amide bonds. The zero-order chi connectivity index (χ0) is 22.1. The van der Waals surface area contributed by atoms with E-state index in [0.29, 0.717) is 13.2 Å². The van der Waals surface area contributed by atoms with Gasteiger partial charge < -0.3 is 9.64 Å². The number of amidine groups is 1. The number of fused-ring (bicyclic) bond motifs is 5. The van der Waals surface area contributed by atoms with Crippen LogP contribution in [0.4, 0.5) is 8.78 Å². The summed E-state index contributed by atoms with van der Waals surface area (Å²) in [6.45, 7) is 7.29. The van der Waals surface area contributed by atoms with Crippen LogP contribution in [0, 0.1) is 17.0 Å². The molecule has 8 heteroatoms. The lowest BCUT2D eigenvalue weighted by molar-refractivity contribution is -0.0777. The Labute approximate surface area is 185 Å². The Kier molecular flexibility index (Phi) is 4.28. The molecule has 0 spiro atoms. The Morgan fingerprint density at radius 1 is 1.16 bits per heavy atom. The minimum Gasteiger partial charge on any atom is -0.374 e. The number of hydrogen-bond donors (Lipinski definition) is 0. The molecule has 6 rings (SSSR count). The molecule has 1 aromatic heterocycles. The molecule has 2 bridgehead atoms. The smallest absolute Gasteiger partial charge is 0.135 e. The fourth-order valence-corrected chi connectivity index (χ4v) is 6.58. The van der Waals surface area contributed by atoms with Crippen molar-refractivity contribution in [1.29, 1.82) is 0 Å². The summed E-state index contributed by atoms with van der Waals surface area (Å²) in [5, 5.41) is 8.95. The number of aromatic nitrogens is 2. The minimum absolute atomic E-state index is 0.0638. The van der Waals surface area contributed by atoms with E-state index in [2.05, 4.69) is 38.9 Å². The molecular formula is C24H25F2N5O. The molecule has 2 aromatic rings. The van der Waals surface area contributed by atoms with Gasteiger partial charge in [0.05, 0.1) is 36.2 Å². The lowest BCUT2D eigenvalue weighted by Gasteiger charge is -2.48. The molecule has 0 N–H and O–H groups in total. The van der Waals surface area contributed by atoms with Crippen LogP contribution >= 0.6 is 0 Å². The van der Waals surface area contributed by atoms with Crippen LogP contribution in [0.3, 0.4) is 0 Å². The van der Waals surface area contributed by atoms with Crippen molar-refractivity contribution in [2.24, 2.45) is 15.4 Å². The standard InChI is InChI=1S/C24H25F2N5O/c1-23(2)15-6-7-24(23,19-12-31(8-9-32-19)20-11-27-13-28-20)22-14(15)10-18(29-30-22)21-16(25)4-3-5-17(21)26/h3-5,10,13,15,19H,6-9,11-12H2,1-2H3/t15-,19-,24-/m0/s1. The largest absolute Gasteiger partial charge is 0.374 e. The van der Waals surface area contributed by atoms with Gasteiger partial charge in [-0.25, -0.2) is 13.8 Å². The maximum atomic E-state index is 14.4. The van der Waals surface area contributed by atoms with Crippen molar-refractivity contribution in [3.8, 4) is 11.3 Å². The Bertz CT molecular complexity index is 1140. The molecule has 6 nitrogen and oxygen atoms in total. The van der Waals surface area contributed by atoms with E-state index in [1.54, 1.807) is 6.34 Å². The van der Waals surface area contributed by atoms with Crippen LogP contribution in [0.1, 0.15) is 43.9 Å². The molecule has 1 aromatic carbocycles. The van der Waals surface area contributed by atoms with Crippen LogP contribution in [-0.4, -0.2) is 59.6 Å². The summed E-state index contributed by atoms with van der Waals surface area (Å²) in [7, 11) is 0. The van der Waals surface area contributed by atoms with E-state index in [1.807, 2.05) is 6.07 Å². The maximum Gasteiger partial charge on any atom is 0.135 e. The van der Waals surface area contributed by atoms with Gasteiger partial charge in [0.15, 0.2) is 0 Å². The Morgan fingerprint density at radius 3 is 2.72 bits per heavy atom. The highest BCUT2D eigenvalue weighted by molar-refractivity contribution is 5.94. The average molecular weight is 437 g/mol. The molecule has 166 valence electrons. The lowest BCUT2D eigenvalue weighted by Crippen LogP contribution is -2.57. The van der Waals surface area contributed by atoms with Gasteiger partial charge in [-0.2, -0.15) is 10.2 Å². The molecule has 32 heavy (non-hydrogen) atoms. The maximum absolute atomic E-state index is 14.4. The number of hydrogen-bond acceptors (Lipinski definition) is 6. The van der Waals surface area contributed by atoms with Gasteiger partial charge in [0.1, 0.15) is 23.8 Å². The van der Waals surface area contributed by atoms with E-state index in [0.717, 1.165) is 43.0 Å². The molecule has 4 aliphatic rings. The normalized spacial score (nSPS) is 30.0. The van der Waals surface area contributed by atoms with E-state index in [4.69, 9.17) is 4.74 Å². The van der Waals surface area contributed by atoms with Crippen LogP contribution in [0.25, 0.3) is 11.3 Å². The van der Waals surface area contributed by atoms with Crippen LogP contribution < -0.4 is 0 Å². The summed E-state index contributed by atoms with van der Waals surface area (Å²) >= 11 is 0. The molecule has 2 fully saturated rings. The second-order valence-electron chi connectivity index (χ2n) is 9.72. The third kappa shape index (κ3) is 2.53. The van der Waals surface area contributed by atoms with Gasteiger partial charge in [-0.05, 0) is 47.9 Å². The van der Waals surface area contributed by atoms with Gasteiger partial charge in [-0.1, -0.05) is 19.9 Å². The summed E-state index contributed by atoms with van der Waals surface area (Å²) in [6.07, 6.45) is 3.51. The second-order valence-corrected chi connectivity index (χ2v) is 9.72. The number of halogens is 2. The van der Waals surface area contributed by atoms with Crippen molar-refractivity contribution in [3.63, 3.8) is 0 Å². The fourth-order valence-electron chi connectivity index (χ4n) is 6.58. The number of benzene rings is 1. The number of nitrogens with zero attached hydrogens (tertiary/aromatic N) is 5. The highest BCUT2D eigenvalue weighted by Crippen LogP contribution is 2.69. The highest BCUT2D eigenvalue weighted by Gasteiger charge is 2.67. The van der Waals surface area contributed by atoms with Gasteiger partial charge in [-0.15, -0.1) is 0 Å². The van der Waals surface area contributed by atoms with Crippen LogP contribution in [0.5, 0.6) is 0 Å². The van der Waals surface area contributed by atoms with Crippen molar-refractivity contribution in [3.05, 3.63) is 47.2 Å². The molecule has 2 aliphatic heterocycles. The highest BCUT2D eigenvalue weighted by atomic mass is 19.1. The summed E-state index contributed by atoms with van der Waals surface area (Å²) in [4.78, 5) is 10.9. The van der Waals surface area contributed by atoms with E-state index in [1.165, 1.54) is 18.2 Å². The van der Waals surface area contributed by atoms with E-state index < -0.39 is 11.6 Å². The van der Waals surface area contributed by atoms with Gasteiger partial charge in [0.25, 0.3) is 0 Å². The molecule has 0 radical (unpaired) electrons. The Morgan fingerprint density at radius 2 is 1.97 bits per heavy atom. The first kappa shape index (κ1) is 19.9. The number of aliphatic imine (C=N–C) groups is 2. The van der Waals surface area contributed by atoms with Crippen LogP contribution in [0.15, 0.2) is 34.3 Å². The summed E-state index contributed by atoms with van der Waals surface area (Å²) in [6, 6.07) is 5.73. The van der Waals surface area contributed by atoms with E-state index >= 15 is 0 Å². The lowest BCUT2D eigenvalue weighted by atomic mass is 9.64. The van der Waals surface area contributed by atoms with E-state index in [9.17, 15) is 8.78 Å². The minimum atomic E-state index is -0.623. The number of rotatable bonds is 2. The first-order chi connectivity index (χ1) is 15.4. The van der Waals surface area contributed by atoms with Gasteiger partial charge >= 0.3 is 0 Å². The monoisotopic (exact) mass is 437 g/mol. The zero-order valence-electron chi connectivity index (χ0n) is 18.2. The van der Waals surface area contributed by atoms with Crippen molar-refractivity contribution in [1.82, 2.24) is 15.1 Å². The van der Waals surface area contributed by atoms with E-state index in [-0.39, 0.29) is 34.1 Å². The summed E-state index contributed by atoms with van der Waals surface area (Å²) < 4.78 is 35.3. The zero-order valence-corrected chi connectivity index (χ0v) is 18.2. The average Bonchev–Trinajstić information content (AvgIpc) is 3.45. The molecular weight excluding hydrogens is 412 g/mol. The summed E-state index contributed by atoms with van der Waals surface area (Å²) in [5.41, 5.74) is 1.70. The van der Waals surface area contributed by atoms with Crippen molar-refractivity contribution < 1.29 is 13.5 Å². The molecule has 2 aliphatic carbocycles. The van der Waals surface area contributed by atoms with Crippen LogP contribution in [0.2, 0.25) is 0 Å². The van der Waals surface area contributed by atoms with Gasteiger partial charge in [0.2, 0.25) is 0 Å². The summed E-state index contributed by atoms with van der Waals surface area (Å²) in [5.74, 6) is -0.0196. The SMILES string of the molecule is CC1(C)[C@H]2CC[C@]1([C@@H]1CN(C3=NC=NC3)CCO1)c1nnc(-c3c(F)cccc3F)cc12. The van der Waals surface area contributed by atoms with Crippen molar-refractivity contribution in [2.75, 3.05) is 26.2 Å². The predicted molar refractivity (Wildman–Crippen MR) is 117 cm³/mol. The van der Waals surface area contributed by atoms with Crippen molar-refractivity contribution in [2.45, 2.75) is 44.1 Å². The third-order valence-electron chi connectivity index (χ3n) is 8.19. The topological polar surface area (TPSA) is 63.0 Å². The molecule has 3 atom stereocenters. The molecule has 1 saturated heterocycles. The number of morpholine rings is 1. The molecule has 0 unspecified atom stereocenters. The first-order valence-electron chi connectivity index (χ1n) is 11.2. The first-order valence-corrected chi connectivity index (χ1v) is 11.2. The van der Waals surface area contributed by atoms with Crippen LogP contribution in [-0.2, 0) is 10.2 Å². The molecule has 3 heterocycles. The number of ether oxygens (including phenoxy) is 1.